The number of imide groups is 1. The average Bonchev–Trinajstić information content (AvgIpc) is 2.89. The number of rotatable bonds is 2. The number of hydrogen-bond donors (Lipinski definition) is 3. The predicted molar refractivity (Wildman–Crippen MR) is 104 cm³/mol. The van der Waals surface area contributed by atoms with E-state index in [4.69, 9.17) is 0 Å². The number of nitrogens with one attached hydrogen (secondary N) is 2. The highest BCUT2D eigenvalue weighted by Crippen LogP contribution is 2.38. The van der Waals surface area contributed by atoms with Crippen molar-refractivity contribution in [2.45, 2.75) is 37.8 Å². The molecule has 1 aromatic heterocycles. The SMILES string of the molecule is C[C@@H]1CC(O)(c2cc3c(cc2F)c(N2CCC(=O)NC2=O)nn3C)CCN1.Cl. The van der Waals surface area contributed by atoms with Gasteiger partial charge in [-0.1, -0.05) is 0 Å². The van der Waals surface area contributed by atoms with Crippen LogP contribution in [0.3, 0.4) is 0 Å². The molecule has 3 amide bonds. The van der Waals surface area contributed by atoms with Crippen LogP contribution in [0.5, 0.6) is 0 Å². The summed E-state index contributed by atoms with van der Waals surface area (Å²) in [7, 11) is 1.70. The number of aliphatic hydroxyl groups is 1. The van der Waals surface area contributed by atoms with Crippen molar-refractivity contribution in [3.8, 4) is 0 Å². The van der Waals surface area contributed by atoms with Crippen LogP contribution in [0.1, 0.15) is 31.7 Å². The van der Waals surface area contributed by atoms with Crippen LogP contribution in [0.15, 0.2) is 12.1 Å². The van der Waals surface area contributed by atoms with Crippen LogP contribution in [-0.4, -0.2) is 46.0 Å². The molecule has 2 aliphatic heterocycles. The Kier molecular flexibility index (Phi) is 5.35. The van der Waals surface area contributed by atoms with Gasteiger partial charge in [0.1, 0.15) is 5.82 Å². The lowest BCUT2D eigenvalue weighted by Gasteiger charge is -2.36. The molecule has 8 nitrogen and oxygen atoms in total. The van der Waals surface area contributed by atoms with Crippen molar-refractivity contribution < 1.29 is 19.1 Å². The van der Waals surface area contributed by atoms with E-state index < -0.39 is 17.4 Å². The number of halogens is 2. The lowest BCUT2D eigenvalue weighted by atomic mass is 9.81. The lowest BCUT2D eigenvalue weighted by Crippen LogP contribution is -2.49. The first-order chi connectivity index (χ1) is 12.8. The van der Waals surface area contributed by atoms with Gasteiger partial charge in [-0.2, -0.15) is 5.10 Å². The number of nitrogens with zero attached hydrogens (tertiary/aromatic N) is 3. The van der Waals surface area contributed by atoms with Crippen molar-refractivity contribution in [2.24, 2.45) is 7.05 Å². The maximum absolute atomic E-state index is 15.0. The first-order valence-electron chi connectivity index (χ1n) is 9.02. The molecular weight excluding hydrogens is 389 g/mol. The summed E-state index contributed by atoms with van der Waals surface area (Å²) in [6.45, 7) is 2.75. The molecule has 2 fully saturated rings. The van der Waals surface area contributed by atoms with Crippen LogP contribution < -0.4 is 15.5 Å². The Morgan fingerprint density at radius 2 is 2.11 bits per heavy atom. The number of aryl methyl sites for hydroxylation is 1. The number of anilines is 1. The number of piperidine rings is 1. The van der Waals surface area contributed by atoms with E-state index in [1.807, 2.05) is 6.92 Å². The van der Waals surface area contributed by atoms with E-state index in [1.54, 1.807) is 17.8 Å². The zero-order valence-electron chi connectivity index (χ0n) is 15.7. The lowest BCUT2D eigenvalue weighted by molar-refractivity contribution is -0.120. The van der Waals surface area contributed by atoms with Crippen molar-refractivity contribution in [3.05, 3.63) is 23.5 Å². The molecule has 3 heterocycles. The van der Waals surface area contributed by atoms with Gasteiger partial charge in [0.2, 0.25) is 5.91 Å². The highest BCUT2D eigenvalue weighted by atomic mass is 35.5. The Labute approximate surface area is 167 Å². The summed E-state index contributed by atoms with van der Waals surface area (Å²) in [6.07, 6.45) is 0.993. The number of hydrogen-bond acceptors (Lipinski definition) is 5. The van der Waals surface area contributed by atoms with Crippen LogP contribution in [0, 0.1) is 5.82 Å². The van der Waals surface area contributed by atoms with Gasteiger partial charge in [0.15, 0.2) is 5.82 Å². The molecule has 152 valence electrons. The minimum Gasteiger partial charge on any atom is -0.385 e. The Bertz CT molecular complexity index is 949. The molecule has 28 heavy (non-hydrogen) atoms. The van der Waals surface area contributed by atoms with E-state index in [0.29, 0.717) is 36.1 Å². The molecule has 1 aromatic carbocycles. The highest BCUT2D eigenvalue weighted by molar-refractivity contribution is 6.08. The summed E-state index contributed by atoms with van der Waals surface area (Å²) in [5, 5.41) is 21.4. The van der Waals surface area contributed by atoms with Gasteiger partial charge >= 0.3 is 6.03 Å². The van der Waals surface area contributed by atoms with Crippen LogP contribution in [-0.2, 0) is 17.4 Å². The van der Waals surface area contributed by atoms with E-state index in [9.17, 15) is 14.7 Å². The average molecular weight is 412 g/mol. The van der Waals surface area contributed by atoms with Crippen molar-refractivity contribution in [3.63, 3.8) is 0 Å². The van der Waals surface area contributed by atoms with E-state index in [-0.39, 0.29) is 42.9 Å². The normalized spacial score (nSPS) is 25.6. The highest BCUT2D eigenvalue weighted by Gasteiger charge is 2.37. The second kappa shape index (κ2) is 7.31. The van der Waals surface area contributed by atoms with Gasteiger partial charge in [-0.05, 0) is 38.4 Å². The summed E-state index contributed by atoms with van der Waals surface area (Å²) < 4.78 is 16.6. The van der Waals surface area contributed by atoms with E-state index in [0.717, 1.165) is 0 Å². The monoisotopic (exact) mass is 411 g/mol. The van der Waals surface area contributed by atoms with Gasteiger partial charge in [0.05, 0.1) is 11.1 Å². The van der Waals surface area contributed by atoms with Crippen molar-refractivity contribution in [1.82, 2.24) is 20.4 Å². The van der Waals surface area contributed by atoms with E-state index in [1.165, 1.54) is 11.0 Å². The molecule has 2 aliphatic rings. The molecule has 0 spiro atoms. The van der Waals surface area contributed by atoms with Gasteiger partial charge in [0, 0.05) is 37.0 Å². The van der Waals surface area contributed by atoms with Crippen molar-refractivity contribution >= 4 is 41.1 Å². The van der Waals surface area contributed by atoms with E-state index in [2.05, 4.69) is 15.7 Å². The molecule has 10 heteroatoms. The first kappa shape index (κ1) is 20.5. The predicted octanol–water partition coefficient (Wildman–Crippen LogP) is 1.54. The number of carbonyl (C=O) groups is 2. The second-order valence-electron chi connectivity index (χ2n) is 7.39. The fourth-order valence-electron chi connectivity index (χ4n) is 4.03. The van der Waals surface area contributed by atoms with Crippen LogP contribution >= 0.6 is 12.4 Å². The summed E-state index contributed by atoms with van der Waals surface area (Å²) >= 11 is 0. The van der Waals surface area contributed by atoms with Gasteiger partial charge in [-0.25, -0.2) is 9.18 Å². The van der Waals surface area contributed by atoms with Gasteiger partial charge in [-0.15, -0.1) is 12.4 Å². The standard InChI is InChI=1S/C18H22FN5O3.ClH/c1-10-9-18(27,4-5-20-10)12-8-14-11(7-13(12)19)16(22-23(14)2)24-6-3-15(25)21-17(24)26;/h7-8,10,20,27H,3-6,9H2,1-2H3,(H,21,25,26);1H/t10-,18?;/m1./s1. The first-order valence-corrected chi connectivity index (χ1v) is 9.02. The number of fused-ring (bicyclic) bond motifs is 1. The molecule has 2 aromatic rings. The molecular formula is C18H23ClFN5O3. The Hall–Kier alpha value is -2.23. The quantitative estimate of drug-likeness (QED) is 0.696. The maximum atomic E-state index is 15.0. The zero-order chi connectivity index (χ0) is 19.3. The van der Waals surface area contributed by atoms with E-state index >= 15 is 4.39 Å². The summed E-state index contributed by atoms with van der Waals surface area (Å²) in [6, 6.07) is 2.45. The molecule has 2 atom stereocenters. The smallest absolute Gasteiger partial charge is 0.329 e. The third-order valence-corrected chi connectivity index (χ3v) is 5.41. The van der Waals surface area contributed by atoms with Gasteiger partial charge in [-0.3, -0.25) is 19.7 Å². The van der Waals surface area contributed by atoms with Gasteiger partial charge < -0.3 is 10.4 Å². The molecule has 4 rings (SSSR count). The Morgan fingerprint density at radius 3 is 2.79 bits per heavy atom. The molecule has 0 saturated carbocycles. The third kappa shape index (κ3) is 3.34. The minimum atomic E-state index is -1.25. The van der Waals surface area contributed by atoms with Crippen molar-refractivity contribution in [1.29, 1.82) is 0 Å². The molecule has 2 saturated heterocycles. The fourth-order valence-corrected chi connectivity index (χ4v) is 4.03. The molecule has 0 bridgehead atoms. The van der Waals surface area contributed by atoms with Gasteiger partial charge in [0.25, 0.3) is 0 Å². The third-order valence-electron chi connectivity index (χ3n) is 5.41. The Morgan fingerprint density at radius 1 is 1.36 bits per heavy atom. The van der Waals surface area contributed by atoms with Crippen LogP contribution in [0.4, 0.5) is 15.0 Å². The van der Waals surface area contributed by atoms with Crippen molar-refractivity contribution in [2.75, 3.05) is 18.0 Å². The number of amides is 3. The minimum absolute atomic E-state index is 0. The number of urea groups is 1. The zero-order valence-corrected chi connectivity index (χ0v) is 16.5. The summed E-state index contributed by atoms with van der Waals surface area (Å²) in [4.78, 5) is 24.9. The number of aromatic nitrogens is 2. The Balaban J connectivity index is 0.00000225. The number of carbonyl (C=O) groups excluding carboxylic acids is 2. The number of benzene rings is 1. The summed E-state index contributed by atoms with van der Waals surface area (Å²) in [5.74, 6) is -0.567. The fraction of sp³-hybridized carbons (Fsp3) is 0.500. The molecule has 0 radical (unpaired) electrons. The summed E-state index contributed by atoms with van der Waals surface area (Å²) in [5.41, 5.74) is -0.385. The topological polar surface area (TPSA) is 99.5 Å². The molecule has 3 N–H and O–H groups in total. The van der Waals surface area contributed by atoms with Crippen LogP contribution in [0.2, 0.25) is 0 Å². The molecule has 1 unspecified atom stereocenters. The largest absolute Gasteiger partial charge is 0.385 e. The molecule has 0 aliphatic carbocycles. The van der Waals surface area contributed by atoms with Crippen LogP contribution in [0.25, 0.3) is 10.9 Å². The maximum Gasteiger partial charge on any atom is 0.329 e. The second-order valence-corrected chi connectivity index (χ2v) is 7.39.